The van der Waals surface area contributed by atoms with Crippen molar-refractivity contribution in [2.75, 3.05) is 7.11 Å². The molecule has 4 nitrogen and oxygen atoms in total. The normalized spacial score (nSPS) is 13.7. The van der Waals surface area contributed by atoms with Gasteiger partial charge in [-0.25, -0.2) is 0 Å². The molecule has 1 amide bonds. The van der Waals surface area contributed by atoms with Gasteiger partial charge in [-0.05, 0) is 23.3 Å². The first-order valence-electron chi connectivity index (χ1n) is 7.54. The zero-order valence-electron chi connectivity index (χ0n) is 13.3. The minimum absolute atomic E-state index is 0.240. The number of nitrogens with one attached hydrogen (secondary N) is 1. The maximum absolute atomic E-state index is 11.7. The number of carbonyl (C=O) groups is 1. The molecule has 0 aliphatic rings. The van der Waals surface area contributed by atoms with E-state index in [2.05, 4.69) is 11.9 Å². The van der Waals surface area contributed by atoms with Crippen LogP contribution in [0.2, 0.25) is 0 Å². The third-order valence-corrected chi connectivity index (χ3v) is 4.44. The van der Waals surface area contributed by atoms with Crippen LogP contribution in [0.1, 0.15) is 24.5 Å². The summed E-state index contributed by atoms with van der Waals surface area (Å²) in [5, 5.41) is 1.04. The molecule has 0 saturated carbocycles. The van der Waals surface area contributed by atoms with E-state index in [0.29, 0.717) is 0 Å². The Morgan fingerprint density at radius 1 is 1.17 bits per heavy atom. The van der Waals surface area contributed by atoms with Crippen molar-refractivity contribution in [3.63, 3.8) is 0 Å². The number of nitrogens with two attached hydrogens (primary N) is 1. The summed E-state index contributed by atoms with van der Waals surface area (Å²) >= 11 is 0. The predicted octanol–water partition coefficient (Wildman–Crippen LogP) is 3.36. The summed E-state index contributed by atoms with van der Waals surface area (Å²) in [6.07, 6.45) is 2.12. The zero-order valence-corrected chi connectivity index (χ0v) is 13.3. The summed E-state index contributed by atoms with van der Waals surface area (Å²) in [4.78, 5) is 15.0. The standard InChI is InChI=1S/C19H20N2O2/c1-19(12-17(20)22,13-6-4-3-5-7-13)15-8-9-16(23-2)18-14(15)10-11-21-18/h3-11,21H,12H2,1-2H3,(H2,20,22). The van der Waals surface area contributed by atoms with Crippen LogP contribution in [0.15, 0.2) is 54.7 Å². The number of hydrogen-bond acceptors (Lipinski definition) is 2. The van der Waals surface area contributed by atoms with Crippen molar-refractivity contribution in [2.24, 2.45) is 5.73 Å². The van der Waals surface area contributed by atoms with Crippen molar-refractivity contribution < 1.29 is 9.53 Å². The van der Waals surface area contributed by atoms with Crippen molar-refractivity contribution in [1.82, 2.24) is 4.98 Å². The first-order chi connectivity index (χ1) is 11.1. The molecule has 3 rings (SSSR count). The first-order valence-corrected chi connectivity index (χ1v) is 7.54. The van der Waals surface area contributed by atoms with E-state index >= 15 is 0 Å². The van der Waals surface area contributed by atoms with Gasteiger partial charge in [0.05, 0.1) is 12.6 Å². The number of amides is 1. The second-order valence-corrected chi connectivity index (χ2v) is 5.92. The Morgan fingerprint density at radius 3 is 2.57 bits per heavy atom. The highest BCUT2D eigenvalue weighted by Crippen LogP contribution is 2.41. The Labute approximate surface area is 135 Å². The van der Waals surface area contributed by atoms with Crippen molar-refractivity contribution in [2.45, 2.75) is 18.8 Å². The number of aromatic nitrogens is 1. The van der Waals surface area contributed by atoms with E-state index in [1.807, 2.05) is 54.7 Å². The van der Waals surface area contributed by atoms with E-state index in [1.165, 1.54) is 0 Å². The van der Waals surface area contributed by atoms with Gasteiger partial charge in [-0.2, -0.15) is 0 Å². The second kappa shape index (κ2) is 5.80. The van der Waals surface area contributed by atoms with Crippen molar-refractivity contribution >= 4 is 16.8 Å². The fraction of sp³-hybridized carbons (Fsp3) is 0.211. The molecule has 0 aliphatic heterocycles. The molecule has 1 aromatic heterocycles. The molecule has 3 N–H and O–H groups in total. The average molecular weight is 308 g/mol. The third-order valence-electron chi connectivity index (χ3n) is 4.44. The van der Waals surface area contributed by atoms with Crippen molar-refractivity contribution in [3.8, 4) is 5.75 Å². The Bertz CT molecular complexity index is 839. The van der Waals surface area contributed by atoms with Gasteiger partial charge < -0.3 is 15.5 Å². The fourth-order valence-corrected chi connectivity index (χ4v) is 3.29. The number of aromatic amines is 1. The van der Waals surface area contributed by atoms with Crippen LogP contribution in [-0.2, 0) is 10.2 Å². The number of hydrogen-bond donors (Lipinski definition) is 2. The van der Waals surface area contributed by atoms with Gasteiger partial charge in [0.2, 0.25) is 5.91 Å². The second-order valence-electron chi connectivity index (χ2n) is 5.92. The molecule has 23 heavy (non-hydrogen) atoms. The van der Waals surface area contributed by atoms with Gasteiger partial charge in [0.15, 0.2) is 0 Å². The Balaban J connectivity index is 2.26. The number of carbonyl (C=O) groups excluding carboxylic acids is 1. The lowest BCUT2D eigenvalue weighted by Gasteiger charge is -2.30. The molecule has 4 heteroatoms. The van der Waals surface area contributed by atoms with Gasteiger partial charge in [-0.1, -0.05) is 43.3 Å². The highest BCUT2D eigenvalue weighted by atomic mass is 16.5. The van der Waals surface area contributed by atoms with Crippen LogP contribution >= 0.6 is 0 Å². The number of rotatable bonds is 5. The molecule has 0 fully saturated rings. The van der Waals surface area contributed by atoms with Gasteiger partial charge in [0.25, 0.3) is 0 Å². The van der Waals surface area contributed by atoms with Gasteiger partial charge in [0, 0.05) is 23.4 Å². The molecule has 0 saturated heterocycles. The minimum Gasteiger partial charge on any atom is -0.495 e. The maximum atomic E-state index is 11.7. The maximum Gasteiger partial charge on any atom is 0.218 e. The van der Waals surface area contributed by atoms with Crippen LogP contribution in [0, 0.1) is 0 Å². The molecular weight excluding hydrogens is 288 g/mol. The van der Waals surface area contributed by atoms with Crippen molar-refractivity contribution in [3.05, 3.63) is 65.9 Å². The molecular formula is C19H20N2O2. The smallest absolute Gasteiger partial charge is 0.218 e. The lowest BCUT2D eigenvalue weighted by Crippen LogP contribution is -2.30. The number of primary amides is 1. The van der Waals surface area contributed by atoms with E-state index in [4.69, 9.17) is 10.5 Å². The molecule has 0 bridgehead atoms. The molecule has 118 valence electrons. The highest BCUT2D eigenvalue weighted by molar-refractivity contribution is 5.90. The largest absolute Gasteiger partial charge is 0.495 e. The van der Waals surface area contributed by atoms with Crippen LogP contribution in [0.4, 0.5) is 0 Å². The molecule has 1 heterocycles. The SMILES string of the molecule is COc1ccc(C(C)(CC(N)=O)c2ccccc2)c2cc[nH]c12. The molecule has 1 unspecified atom stereocenters. The van der Waals surface area contributed by atoms with E-state index in [-0.39, 0.29) is 12.3 Å². The molecule has 1 atom stereocenters. The predicted molar refractivity (Wildman–Crippen MR) is 91.6 cm³/mol. The summed E-state index contributed by atoms with van der Waals surface area (Å²) in [6.45, 7) is 2.06. The number of fused-ring (bicyclic) bond motifs is 1. The van der Waals surface area contributed by atoms with E-state index in [0.717, 1.165) is 27.8 Å². The highest BCUT2D eigenvalue weighted by Gasteiger charge is 2.33. The van der Waals surface area contributed by atoms with Crippen LogP contribution in [0.25, 0.3) is 10.9 Å². The summed E-state index contributed by atoms with van der Waals surface area (Å²) in [6, 6.07) is 15.9. The lowest BCUT2D eigenvalue weighted by atomic mass is 9.72. The number of H-pyrrole nitrogens is 1. The summed E-state index contributed by atoms with van der Waals surface area (Å²) in [5.74, 6) is 0.457. The van der Waals surface area contributed by atoms with Gasteiger partial charge in [-0.15, -0.1) is 0 Å². The monoisotopic (exact) mass is 308 g/mol. The lowest BCUT2D eigenvalue weighted by molar-refractivity contribution is -0.118. The van der Waals surface area contributed by atoms with Crippen molar-refractivity contribution in [1.29, 1.82) is 0 Å². The van der Waals surface area contributed by atoms with E-state index < -0.39 is 5.41 Å². The first kappa shape index (κ1) is 15.2. The molecule has 0 aliphatic carbocycles. The molecule has 0 spiro atoms. The Hall–Kier alpha value is -2.75. The van der Waals surface area contributed by atoms with E-state index in [9.17, 15) is 4.79 Å². The fourth-order valence-electron chi connectivity index (χ4n) is 3.29. The van der Waals surface area contributed by atoms with Gasteiger partial charge >= 0.3 is 0 Å². The summed E-state index contributed by atoms with van der Waals surface area (Å²) in [7, 11) is 1.65. The summed E-state index contributed by atoms with van der Waals surface area (Å²) in [5.41, 5.74) is 8.10. The molecule has 3 aromatic rings. The average Bonchev–Trinajstić information content (AvgIpc) is 3.03. The van der Waals surface area contributed by atoms with Crippen LogP contribution in [0.5, 0.6) is 5.75 Å². The number of benzene rings is 2. The van der Waals surface area contributed by atoms with Crippen LogP contribution in [0.3, 0.4) is 0 Å². The van der Waals surface area contributed by atoms with E-state index in [1.54, 1.807) is 7.11 Å². The minimum atomic E-state index is -0.500. The van der Waals surface area contributed by atoms with Gasteiger partial charge in [-0.3, -0.25) is 4.79 Å². The number of methoxy groups -OCH3 is 1. The Morgan fingerprint density at radius 2 is 1.91 bits per heavy atom. The molecule has 2 aromatic carbocycles. The topological polar surface area (TPSA) is 68.1 Å². The van der Waals surface area contributed by atoms with Crippen LogP contribution < -0.4 is 10.5 Å². The summed E-state index contributed by atoms with van der Waals surface area (Å²) < 4.78 is 5.42. The third kappa shape index (κ3) is 2.57. The quantitative estimate of drug-likeness (QED) is 0.759. The number of ether oxygens (including phenoxy) is 1. The zero-order chi connectivity index (χ0) is 16.4. The molecule has 0 radical (unpaired) electrons. The van der Waals surface area contributed by atoms with Crippen LogP contribution in [-0.4, -0.2) is 18.0 Å². The van der Waals surface area contributed by atoms with Gasteiger partial charge in [0.1, 0.15) is 5.75 Å². The Kier molecular flexibility index (Phi) is 3.82.